The minimum absolute atomic E-state index is 0.0457. The Morgan fingerprint density at radius 2 is 1.91 bits per heavy atom. The molecule has 1 heterocycles. The predicted molar refractivity (Wildman–Crippen MR) is 85.8 cm³/mol. The van der Waals surface area contributed by atoms with E-state index in [9.17, 15) is 9.59 Å². The third kappa shape index (κ3) is 4.58. The molecule has 8 heteroatoms. The summed E-state index contributed by atoms with van der Waals surface area (Å²) in [6, 6.07) is 10.4. The number of benzene rings is 1. The third-order valence-corrected chi connectivity index (χ3v) is 3.43. The first-order chi connectivity index (χ1) is 11.0. The Morgan fingerprint density at radius 1 is 1.22 bits per heavy atom. The smallest absolute Gasteiger partial charge is 0.412 e. The van der Waals surface area contributed by atoms with E-state index in [0.29, 0.717) is 0 Å². The molecule has 23 heavy (non-hydrogen) atoms. The number of carbonyl (C=O) groups is 2. The van der Waals surface area contributed by atoms with Gasteiger partial charge in [-0.25, -0.2) is 14.6 Å². The summed E-state index contributed by atoms with van der Waals surface area (Å²) in [5, 5.41) is 2.40. The van der Waals surface area contributed by atoms with Crippen LogP contribution in [0.1, 0.15) is 16.1 Å². The van der Waals surface area contributed by atoms with Crippen LogP contribution in [0.2, 0.25) is 10.2 Å². The van der Waals surface area contributed by atoms with Gasteiger partial charge in [0.25, 0.3) is 0 Å². The van der Waals surface area contributed by atoms with E-state index in [0.717, 1.165) is 5.56 Å². The van der Waals surface area contributed by atoms with Crippen molar-refractivity contribution in [2.24, 2.45) is 0 Å². The highest BCUT2D eigenvalue weighted by molar-refractivity contribution is 6.41. The summed E-state index contributed by atoms with van der Waals surface area (Å²) in [7, 11) is 1.18. The maximum Gasteiger partial charge on any atom is 0.412 e. The fourth-order valence-corrected chi connectivity index (χ4v) is 1.97. The maximum atomic E-state index is 11.9. The Bertz CT molecular complexity index is 723. The number of hydrogen-bond donors (Lipinski definition) is 1. The molecule has 0 saturated carbocycles. The molecule has 120 valence electrons. The number of rotatable bonds is 4. The standard InChI is InChI=1S/C15H12Cl2N2O4/c1-22-14(20)12-11(7-10(16)13(17)19-12)18-15(21)23-8-9-5-3-2-4-6-9/h2-7H,8H2,1H3,(H,18,21). The van der Waals surface area contributed by atoms with E-state index in [-0.39, 0.29) is 28.2 Å². The lowest BCUT2D eigenvalue weighted by Crippen LogP contribution is -2.17. The number of nitrogens with zero attached hydrogens (tertiary/aromatic N) is 1. The fourth-order valence-electron chi connectivity index (χ4n) is 1.68. The van der Waals surface area contributed by atoms with Gasteiger partial charge in [-0.05, 0) is 11.6 Å². The lowest BCUT2D eigenvalue weighted by molar-refractivity contribution is 0.0595. The van der Waals surface area contributed by atoms with E-state index in [4.69, 9.17) is 27.9 Å². The van der Waals surface area contributed by atoms with Crippen LogP contribution in [0.3, 0.4) is 0 Å². The molecule has 0 aliphatic heterocycles. The minimum atomic E-state index is -0.765. The van der Waals surface area contributed by atoms with Crippen LogP contribution in [0.15, 0.2) is 36.4 Å². The minimum Gasteiger partial charge on any atom is -0.464 e. The fraction of sp³-hybridized carbons (Fsp3) is 0.133. The Morgan fingerprint density at radius 3 is 2.57 bits per heavy atom. The molecule has 0 bridgehead atoms. The lowest BCUT2D eigenvalue weighted by Gasteiger charge is -2.11. The van der Waals surface area contributed by atoms with Gasteiger partial charge in [-0.1, -0.05) is 53.5 Å². The van der Waals surface area contributed by atoms with Gasteiger partial charge in [-0.2, -0.15) is 0 Å². The number of aromatic nitrogens is 1. The lowest BCUT2D eigenvalue weighted by atomic mass is 10.2. The SMILES string of the molecule is COC(=O)c1nc(Cl)c(Cl)cc1NC(=O)OCc1ccccc1. The molecule has 0 aliphatic carbocycles. The number of hydrogen-bond acceptors (Lipinski definition) is 5. The van der Waals surface area contributed by atoms with Gasteiger partial charge in [0.1, 0.15) is 11.8 Å². The normalized spacial score (nSPS) is 10.0. The first-order valence-electron chi connectivity index (χ1n) is 6.43. The van der Waals surface area contributed by atoms with Gasteiger partial charge < -0.3 is 9.47 Å². The zero-order valence-electron chi connectivity index (χ0n) is 12.0. The van der Waals surface area contributed by atoms with Crippen molar-refractivity contribution in [2.45, 2.75) is 6.61 Å². The molecule has 0 radical (unpaired) electrons. The number of nitrogens with one attached hydrogen (secondary N) is 1. The van der Waals surface area contributed by atoms with Crippen molar-refractivity contribution in [2.75, 3.05) is 12.4 Å². The topological polar surface area (TPSA) is 77.5 Å². The molecule has 1 amide bonds. The molecule has 0 atom stereocenters. The van der Waals surface area contributed by atoms with E-state index < -0.39 is 12.1 Å². The molecule has 0 fully saturated rings. The number of esters is 1. The molecular weight excluding hydrogens is 343 g/mol. The van der Waals surface area contributed by atoms with Crippen LogP contribution < -0.4 is 5.32 Å². The van der Waals surface area contributed by atoms with E-state index in [2.05, 4.69) is 15.0 Å². The average molecular weight is 355 g/mol. The van der Waals surface area contributed by atoms with Crippen molar-refractivity contribution < 1.29 is 19.1 Å². The van der Waals surface area contributed by atoms with Crippen LogP contribution in [0.5, 0.6) is 0 Å². The molecule has 2 rings (SSSR count). The second kappa shape index (κ2) is 7.80. The zero-order chi connectivity index (χ0) is 16.8. The highest BCUT2D eigenvalue weighted by Gasteiger charge is 2.19. The first kappa shape index (κ1) is 17.1. The predicted octanol–water partition coefficient (Wildman–Crippen LogP) is 3.92. The van der Waals surface area contributed by atoms with Gasteiger partial charge in [0.05, 0.1) is 17.8 Å². The summed E-state index contributed by atoms with van der Waals surface area (Å²) >= 11 is 11.6. The van der Waals surface area contributed by atoms with E-state index in [1.807, 2.05) is 30.3 Å². The Kier molecular flexibility index (Phi) is 5.78. The second-order valence-electron chi connectivity index (χ2n) is 4.34. The average Bonchev–Trinajstić information content (AvgIpc) is 2.56. The van der Waals surface area contributed by atoms with Gasteiger partial charge in [0, 0.05) is 0 Å². The number of anilines is 1. The van der Waals surface area contributed by atoms with Crippen molar-refractivity contribution >= 4 is 41.0 Å². The Labute approximate surface area is 142 Å². The van der Waals surface area contributed by atoms with Crippen molar-refractivity contribution in [1.82, 2.24) is 4.98 Å². The second-order valence-corrected chi connectivity index (χ2v) is 5.10. The van der Waals surface area contributed by atoms with Crippen LogP contribution >= 0.6 is 23.2 Å². The largest absolute Gasteiger partial charge is 0.464 e. The molecular formula is C15H12Cl2N2O4. The summed E-state index contributed by atoms with van der Waals surface area (Å²) in [5.41, 5.74) is 0.700. The number of amides is 1. The molecule has 1 N–H and O–H groups in total. The quantitative estimate of drug-likeness (QED) is 0.664. The first-order valence-corrected chi connectivity index (χ1v) is 7.19. The monoisotopic (exact) mass is 354 g/mol. The summed E-state index contributed by atoms with van der Waals surface area (Å²) in [6.07, 6.45) is -0.765. The van der Waals surface area contributed by atoms with Crippen molar-refractivity contribution in [3.63, 3.8) is 0 Å². The van der Waals surface area contributed by atoms with E-state index in [1.165, 1.54) is 13.2 Å². The highest BCUT2D eigenvalue weighted by atomic mass is 35.5. The molecule has 2 aromatic rings. The molecule has 0 saturated heterocycles. The highest BCUT2D eigenvalue weighted by Crippen LogP contribution is 2.26. The van der Waals surface area contributed by atoms with Gasteiger partial charge in [0.15, 0.2) is 5.69 Å². The summed E-state index contributed by atoms with van der Waals surface area (Å²) in [4.78, 5) is 27.3. The summed E-state index contributed by atoms with van der Waals surface area (Å²) in [6.45, 7) is 0.0784. The van der Waals surface area contributed by atoms with Gasteiger partial charge >= 0.3 is 12.1 Å². The number of halogens is 2. The summed E-state index contributed by atoms with van der Waals surface area (Å²) < 4.78 is 9.65. The number of ether oxygens (including phenoxy) is 2. The van der Waals surface area contributed by atoms with E-state index in [1.54, 1.807) is 0 Å². The third-order valence-electron chi connectivity index (χ3n) is 2.76. The van der Waals surface area contributed by atoms with Crippen LogP contribution in [-0.4, -0.2) is 24.2 Å². The van der Waals surface area contributed by atoms with Gasteiger partial charge in [-0.3, -0.25) is 5.32 Å². The van der Waals surface area contributed by atoms with Crippen LogP contribution in [-0.2, 0) is 16.1 Å². The van der Waals surface area contributed by atoms with Crippen LogP contribution in [0, 0.1) is 0 Å². The molecule has 1 aromatic heterocycles. The molecule has 6 nitrogen and oxygen atoms in total. The van der Waals surface area contributed by atoms with Gasteiger partial charge in [0.2, 0.25) is 0 Å². The van der Waals surface area contributed by atoms with Crippen LogP contribution in [0.25, 0.3) is 0 Å². The summed E-state index contributed by atoms with van der Waals surface area (Å²) in [5.74, 6) is -0.762. The van der Waals surface area contributed by atoms with E-state index >= 15 is 0 Å². The molecule has 1 aromatic carbocycles. The van der Waals surface area contributed by atoms with Gasteiger partial charge in [-0.15, -0.1) is 0 Å². The van der Waals surface area contributed by atoms with Crippen molar-refractivity contribution in [3.8, 4) is 0 Å². The number of pyridine rings is 1. The van der Waals surface area contributed by atoms with Crippen molar-refractivity contribution in [3.05, 3.63) is 57.8 Å². The zero-order valence-corrected chi connectivity index (χ0v) is 13.5. The van der Waals surface area contributed by atoms with Crippen LogP contribution in [0.4, 0.5) is 10.5 Å². The molecule has 0 spiro atoms. The maximum absolute atomic E-state index is 11.9. The van der Waals surface area contributed by atoms with Crippen molar-refractivity contribution in [1.29, 1.82) is 0 Å². The Hall–Kier alpha value is -2.31. The number of methoxy groups -OCH3 is 1. The molecule has 0 aliphatic rings. The number of carbonyl (C=O) groups excluding carboxylic acids is 2. The Balaban J connectivity index is 2.10. The molecule has 0 unspecified atom stereocenters.